The zero-order valence-electron chi connectivity index (χ0n) is 21.0. The molecule has 1 aromatic carbocycles. The first-order valence-electron chi connectivity index (χ1n) is 12.4. The molecule has 0 bridgehead atoms. The quantitative estimate of drug-likeness (QED) is 0.424. The number of carbonyl (C=O) groups excluding carboxylic acids is 1. The number of rotatable bonds is 4. The molecule has 3 aromatic heterocycles. The maximum atomic E-state index is 15.2. The molecule has 192 valence electrons. The minimum Gasteiger partial charge on any atom is -0.474 e. The molecule has 0 saturated heterocycles. The summed E-state index contributed by atoms with van der Waals surface area (Å²) in [5.41, 5.74) is 3.69. The van der Waals surface area contributed by atoms with Crippen molar-refractivity contribution in [3.63, 3.8) is 0 Å². The molecule has 0 aliphatic carbocycles. The smallest absolute Gasteiger partial charge is 0.245 e. The molecular weight excluding hydrogens is 487 g/mol. The van der Waals surface area contributed by atoms with Gasteiger partial charge in [0.25, 0.3) is 0 Å². The van der Waals surface area contributed by atoms with E-state index in [1.165, 1.54) is 6.07 Å². The van der Waals surface area contributed by atoms with Crippen LogP contribution in [0.3, 0.4) is 0 Å². The molecule has 4 aromatic rings. The number of pyridine rings is 2. The van der Waals surface area contributed by atoms with Gasteiger partial charge in [-0.05, 0) is 43.0 Å². The molecule has 0 fully saturated rings. The number of nitriles is 1. The number of benzene rings is 1. The predicted octanol–water partition coefficient (Wildman–Crippen LogP) is 3.79. The fraction of sp³-hybridized carbons (Fsp3) is 0.296. The highest BCUT2D eigenvalue weighted by Gasteiger charge is 2.26. The van der Waals surface area contributed by atoms with Gasteiger partial charge in [-0.25, -0.2) is 14.4 Å². The van der Waals surface area contributed by atoms with E-state index < -0.39 is 6.04 Å². The lowest BCUT2D eigenvalue weighted by Crippen LogP contribution is -2.39. The Morgan fingerprint density at radius 2 is 2.03 bits per heavy atom. The first kappa shape index (κ1) is 23.7. The Labute approximate surface area is 218 Å². The molecule has 0 unspecified atom stereocenters. The Bertz CT molecular complexity index is 1630. The molecule has 1 amide bonds. The Morgan fingerprint density at radius 3 is 2.87 bits per heavy atom. The zero-order valence-corrected chi connectivity index (χ0v) is 21.0. The van der Waals surface area contributed by atoms with Gasteiger partial charge in [-0.15, -0.1) is 0 Å². The molecule has 0 saturated carbocycles. The van der Waals surface area contributed by atoms with Crippen LogP contribution < -0.4 is 15.4 Å². The van der Waals surface area contributed by atoms with Gasteiger partial charge >= 0.3 is 0 Å². The highest BCUT2D eigenvalue weighted by Crippen LogP contribution is 2.37. The van der Waals surface area contributed by atoms with Gasteiger partial charge in [0.1, 0.15) is 36.5 Å². The molecule has 11 heteroatoms. The molecule has 2 N–H and O–H groups in total. The number of hydrogen-bond donors (Lipinski definition) is 2. The first-order chi connectivity index (χ1) is 18.4. The monoisotopic (exact) mass is 512 g/mol. The van der Waals surface area contributed by atoms with Gasteiger partial charge in [0.2, 0.25) is 11.8 Å². The fourth-order valence-electron chi connectivity index (χ4n) is 4.98. The molecule has 10 nitrogen and oxygen atoms in total. The minimum atomic E-state index is -0.480. The third-order valence-corrected chi connectivity index (χ3v) is 7.03. The van der Waals surface area contributed by atoms with Crippen LogP contribution in [0.5, 0.6) is 5.88 Å². The number of nitrogens with one attached hydrogen (secondary N) is 2. The Morgan fingerprint density at radius 1 is 1.16 bits per heavy atom. The standard InChI is InChI=1S/C27H25FN8O2/c1-15(11-29)35-5-3-19-10-24(34-36(19)14-25(35)37)33-23-9-17-7-20(22(28)8-18(17)12-31-23)21-13-32-27-26(16(21)2)30-4-6-38-27/h7-10,12-13,15,30H,3-6,14H2,1-2H3,(H,31,33,34)/t15-/m0/s1. The van der Waals surface area contributed by atoms with Crippen molar-refractivity contribution in [1.29, 1.82) is 5.26 Å². The lowest BCUT2D eigenvalue weighted by Gasteiger charge is -2.22. The molecule has 2 aliphatic heterocycles. The van der Waals surface area contributed by atoms with Crippen LogP contribution in [0.15, 0.2) is 36.7 Å². The third kappa shape index (κ3) is 4.14. The molecule has 1 atom stereocenters. The summed E-state index contributed by atoms with van der Waals surface area (Å²) in [6, 6.07) is 8.64. The Hall–Kier alpha value is -4.72. The number of amides is 1. The minimum absolute atomic E-state index is 0.0743. The number of nitrogens with zero attached hydrogens (tertiary/aromatic N) is 6. The van der Waals surface area contributed by atoms with E-state index in [0.717, 1.165) is 22.3 Å². The average Bonchev–Trinajstić information content (AvgIpc) is 3.21. The highest BCUT2D eigenvalue weighted by molar-refractivity contribution is 5.90. The Kier molecular flexibility index (Phi) is 5.79. The van der Waals surface area contributed by atoms with Crippen LogP contribution in [0.25, 0.3) is 21.9 Å². The summed E-state index contributed by atoms with van der Waals surface area (Å²) in [5.74, 6) is 1.14. The van der Waals surface area contributed by atoms with Crippen LogP contribution in [0.1, 0.15) is 18.2 Å². The van der Waals surface area contributed by atoms with Crippen molar-refractivity contribution in [3.05, 3.63) is 53.7 Å². The van der Waals surface area contributed by atoms with E-state index in [9.17, 15) is 10.1 Å². The summed E-state index contributed by atoms with van der Waals surface area (Å²) in [4.78, 5) is 23.0. The van der Waals surface area contributed by atoms with Crippen LogP contribution in [0, 0.1) is 24.1 Å². The molecule has 6 rings (SSSR count). The molecule has 5 heterocycles. The van der Waals surface area contributed by atoms with Gasteiger partial charge < -0.3 is 20.3 Å². The van der Waals surface area contributed by atoms with Gasteiger partial charge in [-0.2, -0.15) is 10.4 Å². The normalized spacial score (nSPS) is 15.5. The number of ether oxygens (including phenoxy) is 1. The van der Waals surface area contributed by atoms with E-state index in [0.29, 0.717) is 60.1 Å². The summed E-state index contributed by atoms with van der Waals surface area (Å²) in [6.07, 6.45) is 3.85. The van der Waals surface area contributed by atoms with Crippen molar-refractivity contribution in [2.45, 2.75) is 32.9 Å². The second-order valence-electron chi connectivity index (χ2n) is 9.45. The molecule has 0 spiro atoms. The van der Waals surface area contributed by atoms with Crippen LogP contribution in [0.4, 0.5) is 21.7 Å². The van der Waals surface area contributed by atoms with Crippen LogP contribution in [-0.2, 0) is 17.8 Å². The van der Waals surface area contributed by atoms with Gasteiger partial charge in [-0.1, -0.05) is 0 Å². The molecule has 0 radical (unpaired) electrons. The second kappa shape index (κ2) is 9.30. The van der Waals surface area contributed by atoms with E-state index in [4.69, 9.17) is 4.74 Å². The van der Waals surface area contributed by atoms with Crippen LogP contribution in [0.2, 0.25) is 0 Å². The maximum absolute atomic E-state index is 15.2. The number of hydrogen-bond acceptors (Lipinski definition) is 8. The number of carbonyl (C=O) groups is 1. The van der Waals surface area contributed by atoms with E-state index >= 15 is 4.39 Å². The number of halogens is 1. The topological polar surface area (TPSA) is 121 Å². The Balaban J connectivity index is 1.28. The van der Waals surface area contributed by atoms with E-state index in [-0.39, 0.29) is 18.3 Å². The fourth-order valence-corrected chi connectivity index (χ4v) is 4.98. The number of anilines is 3. The second-order valence-corrected chi connectivity index (χ2v) is 9.45. The SMILES string of the molecule is Cc1c(-c2cc3cc(Nc4cc5n(n4)CC(=O)N([C@@H](C)C#N)CC5)ncc3cc2F)cnc2c1NCCO2. The first-order valence-corrected chi connectivity index (χ1v) is 12.4. The molecule has 2 aliphatic rings. The summed E-state index contributed by atoms with van der Waals surface area (Å²) in [6.45, 7) is 5.39. The number of fused-ring (bicyclic) bond motifs is 3. The number of aromatic nitrogens is 4. The summed E-state index contributed by atoms with van der Waals surface area (Å²) in [5, 5.41) is 21.7. The van der Waals surface area contributed by atoms with E-state index in [1.54, 1.807) is 35.0 Å². The van der Waals surface area contributed by atoms with Gasteiger partial charge in [0.05, 0.1) is 6.07 Å². The van der Waals surface area contributed by atoms with Crippen molar-refractivity contribution in [2.24, 2.45) is 0 Å². The highest BCUT2D eigenvalue weighted by atomic mass is 19.1. The van der Waals surface area contributed by atoms with Gasteiger partial charge in [0, 0.05) is 60.2 Å². The summed E-state index contributed by atoms with van der Waals surface area (Å²) >= 11 is 0. The maximum Gasteiger partial charge on any atom is 0.245 e. The van der Waals surface area contributed by atoms with Gasteiger partial charge in [-0.3, -0.25) is 9.48 Å². The van der Waals surface area contributed by atoms with Crippen molar-refractivity contribution >= 4 is 34.0 Å². The van der Waals surface area contributed by atoms with E-state index in [2.05, 4.69) is 31.8 Å². The zero-order chi connectivity index (χ0) is 26.4. The predicted molar refractivity (Wildman–Crippen MR) is 140 cm³/mol. The lowest BCUT2D eigenvalue weighted by molar-refractivity contribution is -0.132. The van der Waals surface area contributed by atoms with Crippen LogP contribution in [-0.4, -0.2) is 56.3 Å². The molecule has 38 heavy (non-hydrogen) atoms. The van der Waals surface area contributed by atoms with Crippen molar-refractivity contribution in [2.75, 3.05) is 30.3 Å². The summed E-state index contributed by atoms with van der Waals surface area (Å²) in [7, 11) is 0. The van der Waals surface area contributed by atoms with Crippen molar-refractivity contribution < 1.29 is 13.9 Å². The van der Waals surface area contributed by atoms with Crippen molar-refractivity contribution in [1.82, 2.24) is 24.6 Å². The van der Waals surface area contributed by atoms with E-state index in [1.807, 2.05) is 19.1 Å². The molecular formula is C27H25FN8O2. The summed E-state index contributed by atoms with van der Waals surface area (Å²) < 4.78 is 22.4. The lowest BCUT2D eigenvalue weighted by atomic mass is 9.98. The van der Waals surface area contributed by atoms with Crippen LogP contribution >= 0.6 is 0 Å². The largest absolute Gasteiger partial charge is 0.474 e. The van der Waals surface area contributed by atoms with Crippen molar-refractivity contribution in [3.8, 4) is 23.1 Å². The average molecular weight is 513 g/mol. The van der Waals surface area contributed by atoms with Gasteiger partial charge in [0.15, 0.2) is 5.82 Å². The third-order valence-electron chi connectivity index (χ3n) is 7.03.